The number of aldehydes is 1. The van der Waals surface area contributed by atoms with Gasteiger partial charge in [-0.25, -0.2) is 13.8 Å². The van der Waals surface area contributed by atoms with E-state index < -0.39 is 34.9 Å². The number of rotatable bonds is 3. The fourth-order valence-electron chi connectivity index (χ4n) is 0.956. The van der Waals surface area contributed by atoms with Gasteiger partial charge in [-0.1, -0.05) is 11.6 Å². The van der Waals surface area contributed by atoms with E-state index in [0.29, 0.717) is 6.07 Å². The zero-order chi connectivity index (χ0) is 13.2. The first-order valence-electron chi connectivity index (χ1n) is 3.94. The van der Waals surface area contributed by atoms with Gasteiger partial charge in [0.2, 0.25) is 0 Å². The van der Waals surface area contributed by atoms with Gasteiger partial charge < -0.3 is 4.74 Å². The molecule has 0 fully saturated rings. The fourth-order valence-corrected chi connectivity index (χ4v) is 1.20. The average Bonchev–Trinajstić information content (AvgIpc) is 2.18. The van der Waals surface area contributed by atoms with Crippen molar-refractivity contribution in [2.24, 2.45) is 0 Å². The lowest BCUT2D eigenvalue weighted by atomic mass is 10.2. The van der Waals surface area contributed by atoms with Crippen LogP contribution in [0.3, 0.4) is 0 Å². The maximum atomic E-state index is 12.2. The molecule has 0 aliphatic heterocycles. The molecule has 0 N–H and O–H groups in total. The predicted octanol–water partition coefficient (Wildman–Crippen LogP) is 3.38. The second-order valence-corrected chi connectivity index (χ2v) is 3.08. The molecule has 0 saturated heterocycles. The molecule has 0 aromatic carbocycles. The largest absolute Gasteiger partial charge is 0.573 e. The number of carbonyl (C=O) groups is 1. The number of aromatic nitrogens is 1. The predicted molar refractivity (Wildman–Crippen MR) is 46.3 cm³/mol. The molecule has 0 spiro atoms. The van der Waals surface area contributed by atoms with Crippen LogP contribution in [0.5, 0.6) is 5.75 Å². The average molecular weight is 276 g/mol. The molecule has 3 nitrogen and oxygen atoms in total. The van der Waals surface area contributed by atoms with Crippen molar-refractivity contribution in [1.29, 1.82) is 0 Å². The molecule has 9 heteroatoms. The number of alkyl halides is 5. The van der Waals surface area contributed by atoms with Gasteiger partial charge in [0.25, 0.3) is 6.43 Å². The van der Waals surface area contributed by atoms with Gasteiger partial charge >= 0.3 is 6.36 Å². The van der Waals surface area contributed by atoms with E-state index in [4.69, 9.17) is 11.6 Å². The van der Waals surface area contributed by atoms with Gasteiger partial charge in [-0.05, 0) is 6.07 Å². The summed E-state index contributed by atoms with van der Waals surface area (Å²) < 4.78 is 63.7. The van der Waals surface area contributed by atoms with E-state index >= 15 is 0 Å². The van der Waals surface area contributed by atoms with Gasteiger partial charge in [-0.2, -0.15) is 0 Å². The van der Waals surface area contributed by atoms with Crippen molar-refractivity contribution in [3.05, 3.63) is 22.5 Å². The quantitative estimate of drug-likeness (QED) is 0.482. The van der Waals surface area contributed by atoms with E-state index in [1.54, 1.807) is 0 Å². The van der Waals surface area contributed by atoms with Crippen LogP contribution in [0.25, 0.3) is 0 Å². The Morgan fingerprint density at radius 2 is 2.00 bits per heavy atom. The molecule has 0 aliphatic carbocycles. The van der Waals surface area contributed by atoms with Crippen LogP contribution in [-0.2, 0) is 0 Å². The molecule has 1 rings (SSSR count). The molecular formula is C8H3ClF5NO2. The number of hydrogen-bond donors (Lipinski definition) is 0. The van der Waals surface area contributed by atoms with Crippen LogP contribution in [-0.4, -0.2) is 17.6 Å². The summed E-state index contributed by atoms with van der Waals surface area (Å²) in [5.74, 6) is -1.10. The highest BCUT2D eigenvalue weighted by atomic mass is 35.5. The van der Waals surface area contributed by atoms with Gasteiger partial charge in [0.05, 0.1) is 5.56 Å². The maximum absolute atomic E-state index is 12.2. The zero-order valence-electron chi connectivity index (χ0n) is 7.76. The summed E-state index contributed by atoms with van der Waals surface area (Å²) >= 11 is 5.24. The molecular weight excluding hydrogens is 273 g/mol. The van der Waals surface area contributed by atoms with Crippen molar-refractivity contribution in [3.63, 3.8) is 0 Å². The van der Waals surface area contributed by atoms with E-state index in [0.717, 1.165) is 0 Å². The van der Waals surface area contributed by atoms with Gasteiger partial charge in [-0.15, -0.1) is 13.2 Å². The number of nitrogens with zero attached hydrogens (tertiary/aromatic N) is 1. The minimum atomic E-state index is -5.10. The SMILES string of the molecule is O=Cc1cc(C(F)F)nc(Cl)c1OC(F)(F)F. The number of hydrogen-bond acceptors (Lipinski definition) is 3. The third-order valence-electron chi connectivity index (χ3n) is 1.55. The van der Waals surface area contributed by atoms with Crippen LogP contribution in [0.2, 0.25) is 5.15 Å². The molecule has 0 aliphatic rings. The van der Waals surface area contributed by atoms with Crippen molar-refractivity contribution in [2.75, 3.05) is 0 Å². The van der Waals surface area contributed by atoms with Crippen molar-refractivity contribution in [3.8, 4) is 5.75 Å². The van der Waals surface area contributed by atoms with Crippen LogP contribution >= 0.6 is 11.6 Å². The standard InChI is InChI=1S/C8H3ClF5NO2/c9-6-5(17-8(12,13)14)3(2-16)1-4(15-6)7(10)11/h1-2,7H. The van der Waals surface area contributed by atoms with Crippen LogP contribution in [0, 0.1) is 0 Å². The van der Waals surface area contributed by atoms with E-state index in [1.807, 2.05) is 0 Å². The van der Waals surface area contributed by atoms with Crippen LogP contribution < -0.4 is 4.74 Å². The fraction of sp³-hybridized carbons (Fsp3) is 0.250. The van der Waals surface area contributed by atoms with Gasteiger partial charge in [0.15, 0.2) is 17.2 Å². The van der Waals surface area contributed by atoms with Crippen molar-refractivity contribution in [2.45, 2.75) is 12.8 Å². The summed E-state index contributed by atoms with van der Waals surface area (Å²) in [4.78, 5) is 13.5. The van der Waals surface area contributed by atoms with E-state index in [1.165, 1.54) is 0 Å². The minimum Gasteiger partial charge on any atom is -0.402 e. The van der Waals surface area contributed by atoms with Crippen molar-refractivity contribution in [1.82, 2.24) is 4.98 Å². The summed E-state index contributed by atoms with van der Waals surface area (Å²) in [6, 6.07) is 0.477. The topological polar surface area (TPSA) is 39.2 Å². The van der Waals surface area contributed by atoms with Gasteiger partial charge in [-0.3, -0.25) is 4.79 Å². The highest BCUT2D eigenvalue weighted by molar-refractivity contribution is 6.31. The molecule has 0 amide bonds. The van der Waals surface area contributed by atoms with E-state index in [-0.39, 0.29) is 6.29 Å². The third-order valence-corrected chi connectivity index (χ3v) is 1.80. The molecule has 0 saturated carbocycles. The molecule has 1 aromatic rings. The Kier molecular flexibility index (Phi) is 3.87. The lowest BCUT2D eigenvalue weighted by Gasteiger charge is -2.12. The smallest absolute Gasteiger partial charge is 0.402 e. The van der Waals surface area contributed by atoms with E-state index in [9.17, 15) is 26.7 Å². The molecule has 0 radical (unpaired) electrons. The Morgan fingerprint density at radius 1 is 1.41 bits per heavy atom. The van der Waals surface area contributed by atoms with Crippen molar-refractivity contribution >= 4 is 17.9 Å². The number of pyridine rings is 1. The van der Waals surface area contributed by atoms with Crippen LogP contribution in [0.15, 0.2) is 6.07 Å². The summed E-state index contributed by atoms with van der Waals surface area (Å²) in [6.45, 7) is 0. The Hall–Kier alpha value is -1.44. The minimum absolute atomic E-state index is 0.0828. The van der Waals surface area contributed by atoms with Crippen molar-refractivity contribution < 1.29 is 31.5 Å². The third kappa shape index (κ3) is 3.52. The second kappa shape index (κ2) is 4.82. The Labute approximate surface area is 96.2 Å². The zero-order valence-corrected chi connectivity index (χ0v) is 8.52. The molecule has 1 aromatic heterocycles. The van der Waals surface area contributed by atoms with Crippen LogP contribution in [0.4, 0.5) is 22.0 Å². The highest BCUT2D eigenvalue weighted by Crippen LogP contribution is 2.33. The Balaban J connectivity index is 3.26. The monoisotopic (exact) mass is 275 g/mol. The normalized spacial score (nSPS) is 11.7. The Bertz CT molecular complexity index is 435. The molecule has 17 heavy (non-hydrogen) atoms. The first kappa shape index (κ1) is 13.6. The van der Waals surface area contributed by atoms with Gasteiger partial charge in [0, 0.05) is 0 Å². The molecule has 0 unspecified atom stereocenters. The summed E-state index contributed by atoms with van der Waals surface area (Å²) in [7, 11) is 0. The highest BCUT2D eigenvalue weighted by Gasteiger charge is 2.34. The summed E-state index contributed by atoms with van der Waals surface area (Å²) in [5, 5.41) is -0.956. The first-order valence-corrected chi connectivity index (χ1v) is 4.32. The first-order chi connectivity index (χ1) is 7.74. The maximum Gasteiger partial charge on any atom is 0.573 e. The number of ether oxygens (including phenoxy) is 1. The lowest BCUT2D eigenvalue weighted by molar-refractivity contribution is -0.274. The van der Waals surface area contributed by atoms with Gasteiger partial charge in [0.1, 0.15) is 5.69 Å². The van der Waals surface area contributed by atoms with Crippen LogP contribution in [0.1, 0.15) is 22.5 Å². The molecule has 0 atom stereocenters. The number of carbonyl (C=O) groups excluding carboxylic acids is 1. The number of halogens is 6. The summed E-state index contributed by atoms with van der Waals surface area (Å²) in [6.07, 6.45) is -8.25. The Morgan fingerprint density at radius 3 is 2.41 bits per heavy atom. The second-order valence-electron chi connectivity index (χ2n) is 2.72. The summed E-state index contributed by atoms with van der Waals surface area (Å²) in [5.41, 5.74) is -1.66. The van der Waals surface area contributed by atoms with E-state index in [2.05, 4.69) is 9.72 Å². The lowest BCUT2D eigenvalue weighted by Crippen LogP contribution is -2.19. The molecule has 94 valence electrons. The molecule has 1 heterocycles. The molecule has 0 bridgehead atoms.